The molecule has 0 heterocycles. The Bertz CT molecular complexity index is 388. The van der Waals surface area contributed by atoms with Crippen molar-refractivity contribution in [3.63, 3.8) is 0 Å². The number of halogens is 3. The molecule has 4 heteroatoms. The number of hydrogen-bond acceptors (Lipinski definition) is 1. The molecular formula is C14H20Cl2FN. The van der Waals surface area contributed by atoms with E-state index in [0.29, 0.717) is 13.1 Å². The fourth-order valence-electron chi connectivity index (χ4n) is 1.79. The van der Waals surface area contributed by atoms with Crippen molar-refractivity contribution in [1.82, 2.24) is 5.32 Å². The second-order valence-electron chi connectivity index (χ2n) is 5.71. The lowest BCUT2D eigenvalue weighted by Gasteiger charge is -2.22. The summed E-state index contributed by atoms with van der Waals surface area (Å²) in [5.41, 5.74) is 0.973. The lowest BCUT2D eigenvalue weighted by molar-refractivity contribution is 0.364. The van der Waals surface area contributed by atoms with Gasteiger partial charge in [0.1, 0.15) is 5.82 Å². The van der Waals surface area contributed by atoms with Gasteiger partial charge in [0.2, 0.25) is 0 Å². The summed E-state index contributed by atoms with van der Waals surface area (Å²) in [6.07, 6.45) is 0.929. The SMILES string of the molecule is CC(C)(C)CC(Cl)CNCc1cccc(F)c1Cl. The van der Waals surface area contributed by atoms with Gasteiger partial charge in [0.15, 0.2) is 0 Å². The Morgan fingerprint density at radius 2 is 2.00 bits per heavy atom. The Balaban J connectivity index is 2.40. The molecule has 1 aromatic carbocycles. The van der Waals surface area contributed by atoms with Crippen molar-refractivity contribution in [3.05, 3.63) is 34.6 Å². The molecule has 1 aromatic rings. The molecule has 1 unspecified atom stereocenters. The monoisotopic (exact) mass is 291 g/mol. The van der Waals surface area contributed by atoms with Crippen molar-refractivity contribution in [1.29, 1.82) is 0 Å². The summed E-state index contributed by atoms with van der Waals surface area (Å²) >= 11 is 12.1. The number of nitrogens with one attached hydrogen (secondary N) is 1. The van der Waals surface area contributed by atoms with Crippen LogP contribution in [0, 0.1) is 11.2 Å². The first kappa shape index (κ1) is 15.7. The van der Waals surface area contributed by atoms with Gasteiger partial charge in [0.05, 0.1) is 5.02 Å². The molecule has 0 spiro atoms. The number of rotatable bonds is 5. The Kier molecular flexibility index (Phi) is 5.90. The zero-order chi connectivity index (χ0) is 13.8. The van der Waals surface area contributed by atoms with Crippen molar-refractivity contribution in [2.75, 3.05) is 6.54 Å². The molecule has 1 rings (SSSR count). The summed E-state index contributed by atoms with van der Waals surface area (Å²) in [6.45, 7) is 7.69. The largest absolute Gasteiger partial charge is 0.311 e. The van der Waals surface area contributed by atoms with E-state index in [1.54, 1.807) is 6.07 Å². The van der Waals surface area contributed by atoms with Crippen LogP contribution in [-0.2, 0) is 6.54 Å². The van der Waals surface area contributed by atoms with Crippen molar-refractivity contribution in [2.45, 2.75) is 39.1 Å². The van der Waals surface area contributed by atoms with Crippen LogP contribution in [0.1, 0.15) is 32.8 Å². The van der Waals surface area contributed by atoms with Crippen LogP contribution in [-0.4, -0.2) is 11.9 Å². The third-order valence-corrected chi connectivity index (χ3v) is 3.28. The average molecular weight is 292 g/mol. The van der Waals surface area contributed by atoms with Gasteiger partial charge in [0, 0.05) is 18.5 Å². The van der Waals surface area contributed by atoms with E-state index in [2.05, 4.69) is 26.1 Å². The van der Waals surface area contributed by atoms with Crippen molar-refractivity contribution in [3.8, 4) is 0 Å². The lowest BCUT2D eigenvalue weighted by Crippen LogP contribution is -2.26. The van der Waals surface area contributed by atoms with Crippen molar-refractivity contribution >= 4 is 23.2 Å². The van der Waals surface area contributed by atoms with Crippen LogP contribution in [0.4, 0.5) is 4.39 Å². The highest BCUT2D eigenvalue weighted by Crippen LogP contribution is 2.23. The molecule has 0 fully saturated rings. The predicted octanol–water partition coefficient (Wildman–Crippen LogP) is 4.61. The maximum Gasteiger partial charge on any atom is 0.142 e. The Morgan fingerprint density at radius 1 is 1.33 bits per heavy atom. The second-order valence-corrected chi connectivity index (χ2v) is 6.70. The van der Waals surface area contributed by atoms with Crippen LogP contribution in [0.15, 0.2) is 18.2 Å². The molecular weight excluding hydrogens is 272 g/mol. The molecule has 18 heavy (non-hydrogen) atoms. The fourth-order valence-corrected chi connectivity index (χ4v) is 2.55. The minimum atomic E-state index is -0.381. The second kappa shape index (κ2) is 6.74. The molecule has 1 atom stereocenters. The van der Waals surface area contributed by atoms with Gasteiger partial charge in [-0.15, -0.1) is 11.6 Å². The summed E-state index contributed by atoms with van der Waals surface area (Å²) in [5.74, 6) is -0.381. The molecule has 0 saturated heterocycles. The van der Waals surface area contributed by atoms with E-state index in [0.717, 1.165) is 12.0 Å². The molecule has 0 bridgehead atoms. The minimum Gasteiger partial charge on any atom is -0.311 e. The van der Waals surface area contributed by atoms with Gasteiger partial charge in [-0.25, -0.2) is 4.39 Å². The molecule has 0 aliphatic rings. The smallest absolute Gasteiger partial charge is 0.142 e. The van der Waals surface area contributed by atoms with Gasteiger partial charge < -0.3 is 5.32 Å². The average Bonchev–Trinajstić information content (AvgIpc) is 2.21. The number of hydrogen-bond donors (Lipinski definition) is 1. The minimum absolute atomic E-state index is 0.0670. The molecule has 0 aliphatic carbocycles. The van der Waals surface area contributed by atoms with E-state index in [4.69, 9.17) is 23.2 Å². The van der Waals surface area contributed by atoms with Crippen molar-refractivity contribution < 1.29 is 4.39 Å². The number of alkyl halides is 1. The van der Waals surface area contributed by atoms with E-state index < -0.39 is 0 Å². The van der Waals surface area contributed by atoms with Gasteiger partial charge in [-0.3, -0.25) is 0 Å². The highest BCUT2D eigenvalue weighted by molar-refractivity contribution is 6.31. The zero-order valence-electron chi connectivity index (χ0n) is 11.1. The third kappa shape index (κ3) is 5.55. The molecule has 0 saturated carbocycles. The fraction of sp³-hybridized carbons (Fsp3) is 0.571. The maximum atomic E-state index is 13.2. The van der Waals surface area contributed by atoms with Crippen LogP contribution < -0.4 is 5.32 Å². The molecule has 102 valence electrons. The van der Waals surface area contributed by atoms with E-state index in [9.17, 15) is 4.39 Å². The quantitative estimate of drug-likeness (QED) is 0.781. The molecule has 1 N–H and O–H groups in total. The zero-order valence-corrected chi connectivity index (χ0v) is 12.6. The van der Waals surface area contributed by atoms with Gasteiger partial charge in [-0.05, 0) is 23.5 Å². The third-order valence-electron chi connectivity index (χ3n) is 2.55. The van der Waals surface area contributed by atoms with Gasteiger partial charge in [-0.2, -0.15) is 0 Å². The maximum absolute atomic E-state index is 13.2. The molecule has 0 amide bonds. The Hall–Kier alpha value is -0.310. The van der Waals surface area contributed by atoms with Gasteiger partial charge in [0.25, 0.3) is 0 Å². The number of benzene rings is 1. The molecule has 0 radical (unpaired) electrons. The standard InChI is InChI=1S/C14H20Cl2FN/c1-14(2,3)7-11(15)9-18-8-10-5-4-6-12(17)13(10)16/h4-6,11,18H,7-9H2,1-3H3. The lowest BCUT2D eigenvalue weighted by atomic mass is 9.90. The van der Waals surface area contributed by atoms with Gasteiger partial charge in [-0.1, -0.05) is 44.5 Å². The van der Waals surface area contributed by atoms with Crippen LogP contribution in [0.25, 0.3) is 0 Å². The van der Waals surface area contributed by atoms with Crippen molar-refractivity contribution in [2.24, 2.45) is 5.41 Å². The molecule has 0 aliphatic heterocycles. The van der Waals surface area contributed by atoms with Crippen LogP contribution in [0.3, 0.4) is 0 Å². The van der Waals surface area contributed by atoms with Crippen LogP contribution >= 0.6 is 23.2 Å². The highest BCUT2D eigenvalue weighted by atomic mass is 35.5. The van der Waals surface area contributed by atoms with E-state index in [-0.39, 0.29) is 21.6 Å². The summed E-state index contributed by atoms with van der Waals surface area (Å²) in [4.78, 5) is 0. The molecule has 0 aromatic heterocycles. The van der Waals surface area contributed by atoms with Gasteiger partial charge >= 0.3 is 0 Å². The predicted molar refractivity (Wildman–Crippen MR) is 76.8 cm³/mol. The highest BCUT2D eigenvalue weighted by Gasteiger charge is 2.16. The van der Waals surface area contributed by atoms with E-state index in [1.807, 2.05) is 6.07 Å². The first-order valence-electron chi connectivity index (χ1n) is 6.07. The summed E-state index contributed by atoms with van der Waals surface area (Å²) in [6, 6.07) is 4.83. The summed E-state index contributed by atoms with van der Waals surface area (Å²) in [7, 11) is 0. The summed E-state index contributed by atoms with van der Waals surface area (Å²) in [5, 5.41) is 3.46. The molecule has 1 nitrogen and oxygen atoms in total. The Morgan fingerprint density at radius 3 is 2.61 bits per heavy atom. The topological polar surface area (TPSA) is 12.0 Å². The van der Waals surface area contributed by atoms with E-state index >= 15 is 0 Å². The Labute approximate surface area is 119 Å². The normalized spacial score (nSPS) is 13.7. The van der Waals surface area contributed by atoms with Crippen LogP contribution in [0.5, 0.6) is 0 Å². The van der Waals surface area contributed by atoms with Crippen LogP contribution in [0.2, 0.25) is 5.02 Å². The first-order chi connectivity index (χ1) is 8.29. The first-order valence-corrected chi connectivity index (χ1v) is 6.89. The summed E-state index contributed by atoms with van der Waals surface area (Å²) < 4.78 is 13.2. The van der Waals surface area contributed by atoms with E-state index in [1.165, 1.54) is 6.07 Å².